The Hall–Kier alpha value is -3.81. The molecule has 4 rings (SSSR count). The van der Waals surface area contributed by atoms with Crippen molar-refractivity contribution in [2.75, 3.05) is 0 Å². The molecule has 0 bridgehead atoms. The van der Waals surface area contributed by atoms with Crippen LogP contribution in [-0.2, 0) is 17.8 Å². The number of aryl methyl sites for hydroxylation is 1. The summed E-state index contributed by atoms with van der Waals surface area (Å²) < 4.78 is 18.8. The maximum atomic E-state index is 13.3. The van der Waals surface area contributed by atoms with Crippen molar-refractivity contribution in [3.8, 4) is 11.5 Å². The SMILES string of the molecule is O=C(CCc1cc2ccc(F)cc2[nH]c1=O)NCc1nnc(-c2ccccc2)o1. The van der Waals surface area contributed by atoms with E-state index in [1.807, 2.05) is 30.3 Å². The molecule has 0 unspecified atom stereocenters. The Morgan fingerprint density at radius 2 is 1.93 bits per heavy atom. The number of hydrogen-bond donors (Lipinski definition) is 2. The van der Waals surface area contributed by atoms with E-state index in [9.17, 15) is 14.0 Å². The number of carbonyl (C=O) groups is 1. The van der Waals surface area contributed by atoms with Crippen LogP contribution in [-0.4, -0.2) is 21.1 Å². The Labute approximate surface area is 164 Å². The molecule has 2 aromatic carbocycles. The second-order valence-electron chi connectivity index (χ2n) is 6.50. The quantitative estimate of drug-likeness (QED) is 0.525. The lowest BCUT2D eigenvalue weighted by molar-refractivity contribution is -0.121. The van der Waals surface area contributed by atoms with Crippen LogP contribution < -0.4 is 10.9 Å². The third kappa shape index (κ3) is 4.37. The molecule has 146 valence electrons. The molecule has 0 atom stereocenters. The van der Waals surface area contributed by atoms with Gasteiger partial charge in [-0.15, -0.1) is 10.2 Å². The Morgan fingerprint density at radius 1 is 1.10 bits per heavy atom. The van der Waals surface area contributed by atoms with E-state index in [1.165, 1.54) is 12.1 Å². The fourth-order valence-corrected chi connectivity index (χ4v) is 2.94. The molecule has 0 spiro atoms. The van der Waals surface area contributed by atoms with Gasteiger partial charge in [0, 0.05) is 17.5 Å². The standard InChI is InChI=1S/C21H17FN4O3/c22-16-8-6-14-10-15(20(28)24-17(14)11-16)7-9-18(27)23-12-19-25-26-21(29-19)13-4-2-1-3-5-13/h1-6,8,10-11H,7,9,12H2,(H,23,27)(H,24,28). The Morgan fingerprint density at radius 3 is 2.76 bits per heavy atom. The fraction of sp³-hybridized carbons (Fsp3) is 0.143. The number of aromatic nitrogens is 3. The number of rotatable bonds is 6. The van der Waals surface area contributed by atoms with Crippen molar-refractivity contribution in [3.05, 3.63) is 82.2 Å². The van der Waals surface area contributed by atoms with E-state index < -0.39 is 5.82 Å². The molecule has 0 radical (unpaired) electrons. The van der Waals surface area contributed by atoms with Crippen molar-refractivity contribution in [3.63, 3.8) is 0 Å². The van der Waals surface area contributed by atoms with E-state index in [-0.39, 0.29) is 30.9 Å². The van der Waals surface area contributed by atoms with Crippen LogP contribution >= 0.6 is 0 Å². The first kappa shape index (κ1) is 18.5. The molecule has 0 fully saturated rings. The fourth-order valence-electron chi connectivity index (χ4n) is 2.94. The highest BCUT2D eigenvalue weighted by atomic mass is 19.1. The number of carbonyl (C=O) groups excluding carboxylic acids is 1. The van der Waals surface area contributed by atoms with Gasteiger partial charge in [0.25, 0.3) is 5.56 Å². The molecule has 0 aliphatic rings. The number of halogens is 1. The predicted molar refractivity (Wildman–Crippen MR) is 104 cm³/mol. The van der Waals surface area contributed by atoms with E-state index >= 15 is 0 Å². The van der Waals surface area contributed by atoms with Crippen molar-refractivity contribution in [2.24, 2.45) is 0 Å². The molecule has 2 heterocycles. The van der Waals surface area contributed by atoms with Crippen molar-refractivity contribution in [1.82, 2.24) is 20.5 Å². The van der Waals surface area contributed by atoms with Gasteiger partial charge >= 0.3 is 0 Å². The third-order valence-electron chi connectivity index (χ3n) is 4.43. The minimum absolute atomic E-state index is 0.103. The number of benzene rings is 2. The van der Waals surface area contributed by atoms with Crippen LogP contribution in [0.5, 0.6) is 0 Å². The monoisotopic (exact) mass is 392 g/mol. The molecule has 0 aliphatic heterocycles. The Kier molecular flexibility index (Phi) is 5.15. The zero-order valence-electron chi connectivity index (χ0n) is 15.3. The lowest BCUT2D eigenvalue weighted by atomic mass is 10.1. The summed E-state index contributed by atoms with van der Waals surface area (Å²) >= 11 is 0. The average molecular weight is 392 g/mol. The molecule has 2 aromatic heterocycles. The zero-order chi connectivity index (χ0) is 20.2. The molecular formula is C21H17FN4O3. The van der Waals surface area contributed by atoms with Crippen LogP contribution in [0.25, 0.3) is 22.4 Å². The van der Waals surface area contributed by atoms with Crippen LogP contribution in [0.3, 0.4) is 0 Å². The molecule has 2 N–H and O–H groups in total. The second-order valence-corrected chi connectivity index (χ2v) is 6.50. The summed E-state index contributed by atoms with van der Waals surface area (Å²) in [7, 11) is 0. The third-order valence-corrected chi connectivity index (χ3v) is 4.43. The van der Waals surface area contributed by atoms with Gasteiger partial charge in [-0.2, -0.15) is 0 Å². The van der Waals surface area contributed by atoms with Crippen LogP contribution in [0, 0.1) is 5.82 Å². The summed E-state index contributed by atoms with van der Waals surface area (Å²) in [5, 5.41) is 11.3. The first-order chi connectivity index (χ1) is 14.1. The summed E-state index contributed by atoms with van der Waals surface area (Å²) in [4.78, 5) is 26.9. The topological polar surface area (TPSA) is 101 Å². The average Bonchev–Trinajstić information content (AvgIpc) is 3.20. The Balaban J connectivity index is 1.34. The summed E-state index contributed by atoms with van der Waals surface area (Å²) in [5.74, 6) is 0.0107. The van der Waals surface area contributed by atoms with E-state index in [2.05, 4.69) is 20.5 Å². The summed E-state index contributed by atoms with van der Waals surface area (Å²) in [6.45, 7) is 0.103. The molecule has 0 aliphatic carbocycles. The molecule has 29 heavy (non-hydrogen) atoms. The van der Waals surface area contributed by atoms with Gasteiger partial charge in [-0.1, -0.05) is 18.2 Å². The number of nitrogens with one attached hydrogen (secondary N) is 2. The van der Waals surface area contributed by atoms with Crippen molar-refractivity contribution >= 4 is 16.8 Å². The number of nitrogens with zero attached hydrogens (tertiary/aromatic N) is 2. The summed E-state index contributed by atoms with van der Waals surface area (Å²) in [5.41, 5.74) is 1.35. The first-order valence-electron chi connectivity index (χ1n) is 9.04. The van der Waals surface area contributed by atoms with Crippen LogP contribution in [0.4, 0.5) is 4.39 Å². The van der Waals surface area contributed by atoms with Crippen molar-refractivity contribution in [1.29, 1.82) is 0 Å². The maximum absolute atomic E-state index is 13.3. The number of pyridine rings is 1. The molecule has 4 aromatic rings. The van der Waals surface area contributed by atoms with E-state index in [0.29, 0.717) is 28.2 Å². The van der Waals surface area contributed by atoms with Gasteiger partial charge in [-0.05, 0) is 48.2 Å². The molecule has 1 amide bonds. The highest BCUT2D eigenvalue weighted by Crippen LogP contribution is 2.17. The van der Waals surface area contributed by atoms with Crippen molar-refractivity contribution < 1.29 is 13.6 Å². The lowest BCUT2D eigenvalue weighted by Gasteiger charge is -2.04. The Bertz CT molecular complexity index is 1220. The smallest absolute Gasteiger partial charge is 0.251 e. The first-order valence-corrected chi connectivity index (χ1v) is 9.04. The minimum Gasteiger partial charge on any atom is -0.419 e. The van der Waals surface area contributed by atoms with E-state index in [1.54, 1.807) is 12.1 Å². The van der Waals surface area contributed by atoms with Gasteiger partial charge in [0.05, 0.1) is 12.1 Å². The zero-order valence-corrected chi connectivity index (χ0v) is 15.3. The van der Waals surface area contributed by atoms with Crippen LogP contribution in [0.1, 0.15) is 17.9 Å². The molecule has 0 saturated heterocycles. The normalized spacial score (nSPS) is 10.9. The molecule has 8 heteroatoms. The minimum atomic E-state index is -0.420. The van der Waals surface area contributed by atoms with Gasteiger partial charge < -0.3 is 14.7 Å². The molecule has 7 nitrogen and oxygen atoms in total. The van der Waals surface area contributed by atoms with E-state index in [0.717, 1.165) is 5.56 Å². The van der Waals surface area contributed by atoms with E-state index in [4.69, 9.17) is 4.42 Å². The van der Waals surface area contributed by atoms with Crippen LogP contribution in [0.15, 0.2) is 63.8 Å². The predicted octanol–water partition coefficient (Wildman–Crippen LogP) is 2.97. The highest BCUT2D eigenvalue weighted by Gasteiger charge is 2.11. The highest BCUT2D eigenvalue weighted by molar-refractivity contribution is 5.79. The van der Waals surface area contributed by atoms with Crippen LogP contribution in [0.2, 0.25) is 0 Å². The number of amides is 1. The van der Waals surface area contributed by atoms with Gasteiger partial charge in [-0.25, -0.2) is 4.39 Å². The van der Waals surface area contributed by atoms with Gasteiger partial charge in [0.2, 0.25) is 17.7 Å². The lowest BCUT2D eigenvalue weighted by Crippen LogP contribution is -2.24. The number of hydrogen-bond acceptors (Lipinski definition) is 5. The van der Waals surface area contributed by atoms with Gasteiger partial charge in [0.1, 0.15) is 5.82 Å². The summed E-state index contributed by atoms with van der Waals surface area (Å²) in [6, 6.07) is 15.2. The number of aromatic amines is 1. The second kappa shape index (κ2) is 8.05. The summed E-state index contributed by atoms with van der Waals surface area (Å²) in [6.07, 6.45) is 0.378. The van der Waals surface area contributed by atoms with Gasteiger partial charge in [-0.3, -0.25) is 9.59 Å². The number of H-pyrrole nitrogens is 1. The van der Waals surface area contributed by atoms with Gasteiger partial charge in [0.15, 0.2) is 0 Å². The molecule has 0 saturated carbocycles. The maximum Gasteiger partial charge on any atom is 0.251 e. The largest absolute Gasteiger partial charge is 0.419 e. The van der Waals surface area contributed by atoms with Crippen molar-refractivity contribution in [2.45, 2.75) is 19.4 Å². The molecular weight excluding hydrogens is 375 g/mol. The number of fused-ring (bicyclic) bond motifs is 1.